The van der Waals surface area contributed by atoms with Crippen molar-refractivity contribution < 1.29 is 31.4 Å². The molecule has 2 aliphatic rings. The number of hydrogen-bond donors (Lipinski definition) is 1. The van der Waals surface area contributed by atoms with Crippen LogP contribution in [0.15, 0.2) is 41.3 Å². The second-order valence-corrected chi connectivity index (χ2v) is 8.30. The number of benzene rings is 1. The molecule has 0 aliphatic carbocycles. The van der Waals surface area contributed by atoms with Gasteiger partial charge in [-0.05, 0) is 30.2 Å². The zero-order valence-electron chi connectivity index (χ0n) is 17.9. The van der Waals surface area contributed by atoms with Gasteiger partial charge in [0.1, 0.15) is 23.9 Å². The van der Waals surface area contributed by atoms with E-state index >= 15 is 0 Å². The number of rotatable bonds is 5. The van der Waals surface area contributed by atoms with Crippen molar-refractivity contribution in [3.8, 4) is 17.4 Å². The molecule has 8 nitrogen and oxygen atoms in total. The highest BCUT2D eigenvalue weighted by atomic mass is 19.4. The van der Waals surface area contributed by atoms with Gasteiger partial charge in [0.15, 0.2) is 17.4 Å². The molecular formula is C22H18F5N5O3. The second-order valence-electron chi connectivity index (χ2n) is 8.30. The van der Waals surface area contributed by atoms with Gasteiger partial charge in [-0.25, -0.2) is 13.6 Å². The van der Waals surface area contributed by atoms with Gasteiger partial charge in [-0.3, -0.25) is 9.55 Å². The van der Waals surface area contributed by atoms with Crippen LogP contribution in [0.25, 0.3) is 0 Å². The average Bonchev–Trinajstić information content (AvgIpc) is 3.31. The molecule has 2 aromatic heterocycles. The van der Waals surface area contributed by atoms with Gasteiger partial charge >= 0.3 is 11.9 Å². The van der Waals surface area contributed by atoms with E-state index in [0.29, 0.717) is 25.0 Å². The summed E-state index contributed by atoms with van der Waals surface area (Å²) >= 11 is 0. The molecule has 5 rings (SSSR count). The van der Waals surface area contributed by atoms with Crippen LogP contribution >= 0.6 is 0 Å². The highest BCUT2D eigenvalue weighted by Gasteiger charge is 2.38. The molecule has 4 heterocycles. The molecule has 1 saturated heterocycles. The third kappa shape index (κ3) is 4.50. The summed E-state index contributed by atoms with van der Waals surface area (Å²) in [7, 11) is 0. The van der Waals surface area contributed by atoms with Gasteiger partial charge in [-0.15, -0.1) is 0 Å². The molecule has 0 radical (unpaired) electrons. The monoisotopic (exact) mass is 495 g/mol. The minimum atomic E-state index is -4.74. The van der Waals surface area contributed by atoms with Gasteiger partial charge in [-0.1, -0.05) is 0 Å². The smallest absolute Gasteiger partial charge is 0.433 e. The Bertz CT molecular complexity index is 1320. The summed E-state index contributed by atoms with van der Waals surface area (Å²) in [5.74, 6) is -3.00. The SMILES string of the molecule is N[C@@H]1CC2Cn3c(cc(OCc4cc(F)c(Oc5ccnc(C(F)(F)F)c5)c(F)c4)nc3=O)N2C1. The molecule has 0 amide bonds. The first-order chi connectivity index (χ1) is 16.6. The van der Waals surface area contributed by atoms with Crippen molar-refractivity contribution in [3.63, 3.8) is 0 Å². The van der Waals surface area contributed by atoms with Gasteiger partial charge in [0.25, 0.3) is 0 Å². The number of halogens is 5. The summed E-state index contributed by atoms with van der Waals surface area (Å²) in [6.07, 6.45) is -3.17. The molecule has 1 fully saturated rings. The zero-order valence-corrected chi connectivity index (χ0v) is 17.9. The number of aromatic nitrogens is 3. The lowest BCUT2D eigenvalue weighted by Gasteiger charge is -2.17. The minimum Gasteiger partial charge on any atom is -0.473 e. The Labute approximate surface area is 194 Å². The molecule has 2 aliphatic heterocycles. The van der Waals surface area contributed by atoms with Crippen molar-refractivity contribution in [2.24, 2.45) is 5.73 Å². The second kappa shape index (κ2) is 8.48. The number of anilines is 1. The van der Waals surface area contributed by atoms with Gasteiger partial charge in [0, 0.05) is 37.5 Å². The maximum Gasteiger partial charge on any atom is 0.433 e. The van der Waals surface area contributed by atoms with Crippen LogP contribution in [0.3, 0.4) is 0 Å². The van der Waals surface area contributed by atoms with Gasteiger partial charge in [0.2, 0.25) is 5.88 Å². The largest absolute Gasteiger partial charge is 0.473 e. The van der Waals surface area contributed by atoms with E-state index in [0.717, 1.165) is 30.8 Å². The number of nitrogens with zero attached hydrogens (tertiary/aromatic N) is 4. The number of ether oxygens (including phenoxy) is 2. The number of nitrogens with two attached hydrogens (primary N) is 1. The quantitative estimate of drug-likeness (QED) is 0.543. The number of pyridine rings is 1. The van der Waals surface area contributed by atoms with Crippen LogP contribution < -0.4 is 25.8 Å². The van der Waals surface area contributed by atoms with Crippen LogP contribution in [0.5, 0.6) is 17.4 Å². The first-order valence-corrected chi connectivity index (χ1v) is 10.5. The maximum atomic E-state index is 14.5. The molecule has 2 atom stereocenters. The predicted octanol–water partition coefficient (Wildman–Crippen LogP) is 3.23. The Morgan fingerprint density at radius 2 is 1.86 bits per heavy atom. The topological polar surface area (TPSA) is 95.5 Å². The van der Waals surface area contributed by atoms with Crippen molar-refractivity contribution in [2.45, 2.75) is 37.8 Å². The van der Waals surface area contributed by atoms with Crippen LogP contribution in [0, 0.1) is 11.6 Å². The van der Waals surface area contributed by atoms with Crippen LogP contribution in [0.2, 0.25) is 0 Å². The standard InChI is InChI=1S/C22H18F5N5O3/c23-15-3-11(4-16(24)20(15)35-14-1-2-29-17(6-14)22(25,26)27)10-34-18-7-19-31-8-12(28)5-13(31)9-32(19)21(33)30-18/h1-4,6-7,12-13H,5,8-10,28H2/t12-,13?/m1/s1. The molecule has 0 spiro atoms. The average molecular weight is 495 g/mol. The summed E-state index contributed by atoms with van der Waals surface area (Å²) in [5.41, 5.74) is 4.29. The fourth-order valence-electron chi connectivity index (χ4n) is 4.27. The Morgan fingerprint density at radius 1 is 1.11 bits per heavy atom. The van der Waals surface area contributed by atoms with Gasteiger partial charge in [0.05, 0.1) is 6.04 Å². The van der Waals surface area contributed by atoms with Crippen LogP contribution in [-0.4, -0.2) is 33.2 Å². The van der Waals surface area contributed by atoms with E-state index in [-0.39, 0.29) is 30.1 Å². The Morgan fingerprint density at radius 3 is 2.57 bits per heavy atom. The first-order valence-electron chi connectivity index (χ1n) is 10.5. The molecule has 1 aromatic carbocycles. The van der Waals surface area contributed by atoms with Crippen molar-refractivity contribution in [3.05, 3.63) is 69.9 Å². The fraction of sp³-hybridized carbons (Fsp3) is 0.318. The number of fused-ring (bicyclic) bond motifs is 3. The molecule has 1 unspecified atom stereocenters. The van der Waals surface area contributed by atoms with E-state index in [4.69, 9.17) is 15.2 Å². The lowest BCUT2D eigenvalue weighted by atomic mass is 10.2. The lowest BCUT2D eigenvalue weighted by molar-refractivity contribution is -0.141. The van der Waals surface area contributed by atoms with Crippen molar-refractivity contribution in [1.29, 1.82) is 0 Å². The van der Waals surface area contributed by atoms with E-state index in [9.17, 15) is 26.7 Å². The molecule has 184 valence electrons. The molecule has 0 bridgehead atoms. The Balaban J connectivity index is 1.32. The zero-order chi connectivity index (χ0) is 24.9. The normalized spacial score (nSPS) is 19.0. The Kier molecular flexibility index (Phi) is 5.58. The molecule has 3 aromatic rings. The van der Waals surface area contributed by atoms with Crippen molar-refractivity contribution in [2.75, 3.05) is 11.4 Å². The van der Waals surface area contributed by atoms with E-state index < -0.39 is 40.7 Å². The minimum absolute atomic E-state index is 0.000250. The fourth-order valence-corrected chi connectivity index (χ4v) is 4.27. The maximum absolute atomic E-state index is 14.5. The third-order valence-corrected chi connectivity index (χ3v) is 5.79. The predicted molar refractivity (Wildman–Crippen MR) is 112 cm³/mol. The van der Waals surface area contributed by atoms with Gasteiger partial charge in [-0.2, -0.15) is 18.2 Å². The summed E-state index contributed by atoms with van der Waals surface area (Å²) < 4.78 is 79.5. The third-order valence-electron chi connectivity index (χ3n) is 5.79. The van der Waals surface area contributed by atoms with E-state index in [1.54, 1.807) is 6.07 Å². The molecule has 13 heteroatoms. The van der Waals surface area contributed by atoms with E-state index in [1.165, 1.54) is 4.57 Å². The molecular weight excluding hydrogens is 477 g/mol. The Hall–Kier alpha value is -3.74. The number of hydrogen-bond acceptors (Lipinski definition) is 7. The molecule has 2 N–H and O–H groups in total. The van der Waals surface area contributed by atoms with Crippen LogP contribution in [0.1, 0.15) is 17.7 Å². The van der Waals surface area contributed by atoms with E-state index in [1.807, 2.05) is 4.90 Å². The summed E-state index contributed by atoms with van der Waals surface area (Å²) in [6, 6.07) is 5.09. The molecule has 35 heavy (non-hydrogen) atoms. The van der Waals surface area contributed by atoms with E-state index in [2.05, 4.69) is 9.97 Å². The highest BCUT2D eigenvalue weighted by Crippen LogP contribution is 2.34. The highest BCUT2D eigenvalue weighted by molar-refractivity contribution is 5.49. The van der Waals surface area contributed by atoms with Crippen LogP contribution in [-0.2, 0) is 19.3 Å². The summed E-state index contributed by atoms with van der Waals surface area (Å²) in [5, 5.41) is 0. The van der Waals surface area contributed by atoms with Crippen LogP contribution in [0.4, 0.5) is 27.8 Å². The van der Waals surface area contributed by atoms with Gasteiger partial charge < -0.3 is 20.1 Å². The van der Waals surface area contributed by atoms with Crippen molar-refractivity contribution in [1.82, 2.24) is 14.5 Å². The van der Waals surface area contributed by atoms with Crippen molar-refractivity contribution >= 4 is 5.82 Å². The number of alkyl halides is 3. The lowest BCUT2D eigenvalue weighted by Crippen LogP contribution is -2.28. The first kappa shape index (κ1) is 23.0. The summed E-state index contributed by atoms with van der Waals surface area (Å²) in [6.45, 7) is 0.753. The summed E-state index contributed by atoms with van der Waals surface area (Å²) in [4.78, 5) is 21.4. The molecule has 0 saturated carbocycles.